The molecule has 1 aliphatic carbocycles. The Morgan fingerprint density at radius 1 is 1.19 bits per heavy atom. The number of hydrogen-bond acceptors (Lipinski definition) is 6. The third-order valence-corrected chi connectivity index (χ3v) is 4.93. The average Bonchev–Trinajstić information content (AvgIpc) is 2.59. The molecule has 0 radical (unpaired) electrons. The number of carbonyl (C=O) groups excluding carboxylic acids is 3. The zero-order valence-electron chi connectivity index (χ0n) is 12.7. The summed E-state index contributed by atoms with van der Waals surface area (Å²) in [6, 6.07) is -0.438. The predicted octanol–water partition coefficient (Wildman–Crippen LogP) is -1.11. The Morgan fingerprint density at radius 3 is 2.38 bits per heavy atom. The van der Waals surface area contributed by atoms with Crippen molar-refractivity contribution in [2.75, 3.05) is 42.0 Å². The third kappa shape index (κ3) is 1.14. The summed E-state index contributed by atoms with van der Waals surface area (Å²) in [4.78, 5) is 43.4. The Balaban J connectivity index is 2.28. The molecular weight excluding hydrogens is 276 g/mol. The molecule has 3 rings (SSSR count). The molecule has 114 valence electrons. The second-order valence-electron chi connectivity index (χ2n) is 5.73. The number of likely N-dealkylation sites (N-methyl/N-ethyl adjacent to an activating group) is 4. The molecule has 2 heterocycles. The maximum absolute atomic E-state index is 12.8. The first kappa shape index (κ1) is 14.0. The largest absolute Gasteiger partial charge is 0.466 e. The van der Waals surface area contributed by atoms with Gasteiger partial charge in [0, 0.05) is 14.1 Å². The van der Waals surface area contributed by atoms with Crippen LogP contribution in [-0.4, -0.2) is 90.7 Å². The van der Waals surface area contributed by atoms with Crippen molar-refractivity contribution in [1.29, 1.82) is 0 Å². The first-order valence-corrected chi connectivity index (χ1v) is 6.57. The van der Waals surface area contributed by atoms with Crippen molar-refractivity contribution in [3.05, 3.63) is 11.6 Å². The van der Waals surface area contributed by atoms with Gasteiger partial charge in [0.1, 0.15) is 0 Å². The number of carbonyl (C=O) groups is 3. The highest BCUT2D eigenvalue weighted by Crippen LogP contribution is 2.57. The molecule has 2 atom stereocenters. The fourth-order valence-electron chi connectivity index (χ4n) is 4.03. The monoisotopic (exact) mass is 294 g/mol. The average molecular weight is 294 g/mol. The minimum atomic E-state index is -1.10. The molecule has 3 amide bonds. The lowest BCUT2D eigenvalue weighted by Crippen LogP contribution is -2.84. The second kappa shape index (κ2) is 3.83. The first-order valence-electron chi connectivity index (χ1n) is 6.57. The molecule has 0 bridgehead atoms. The van der Waals surface area contributed by atoms with E-state index in [0.29, 0.717) is 12.2 Å². The number of esters is 1. The topological polar surface area (TPSA) is 73.4 Å². The molecule has 2 saturated heterocycles. The van der Waals surface area contributed by atoms with Gasteiger partial charge in [-0.2, -0.15) is 0 Å². The third-order valence-electron chi connectivity index (χ3n) is 4.93. The van der Waals surface area contributed by atoms with Crippen LogP contribution in [0, 0.1) is 0 Å². The molecule has 2 aliphatic heterocycles. The molecule has 0 unspecified atom stereocenters. The van der Waals surface area contributed by atoms with Crippen LogP contribution in [0.3, 0.4) is 0 Å². The van der Waals surface area contributed by atoms with Crippen LogP contribution in [0.25, 0.3) is 0 Å². The Kier molecular flexibility index (Phi) is 2.56. The van der Waals surface area contributed by atoms with Crippen molar-refractivity contribution >= 4 is 17.9 Å². The molecule has 21 heavy (non-hydrogen) atoms. The van der Waals surface area contributed by atoms with Gasteiger partial charge in [-0.15, -0.1) is 0 Å². The number of imide groups is 1. The van der Waals surface area contributed by atoms with Gasteiger partial charge in [0.25, 0.3) is 5.91 Å². The number of amides is 3. The first-order chi connectivity index (χ1) is 9.76. The molecule has 0 spiro atoms. The number of nitrogens with zero attached hydrogens (tertiary/aromatic N) is 4. The lowest BCUT2D eigenvalue weighted by atomic mass is 9.64. The van der Waals surface area contributed by atoms with Crippen LogP contribution in [-0.2, 0) is 14.3 Å². The number of rotatable bonds is 1. The van der Waals surface area contributed by atoms with Crippen molar-refractivity contribution in [2.45, 2.75) is 11.2 Å². The number of hydrogen-bond donors (Lipinski definition) is 0. The quantitative estimate of drug-likeness (QED) is 0.571. The minimum Gasteiger partial charge on any atom is -0.466 e. The van der Waals surface area contributed by atoms with Gasteiger partial charge in [0.05, 0.1) is 19.4 Å². The summed E-state index contributed by atoms with van der Waals surface area (Å²) >= 11 is 0. The number of ether oxygens (including phenoxy) is 1. The zero-order chi connectivity index (χ0) is 15.7. The summed E-state index contributed by atoms with van der Waals surface area (Å²) in [7, 11) is 7.94. The van der Waals surface area contributed by atoms with E-state index in [4.69, 9.17) is 4.74 Å². The summed E-state index contributed by atoms with van der Waals surface area (Å²) in [5.41, 5.74) is -1.81. The van der Waals surface area contributed by atoms with Crippen LogP contribution in [0.15, 0.2) is 11.6 Å². The molecule has 0 aromatic rings. The van der Waals surface area contributed by atoms with Crippen molar-refractivity contribution in [3.8, 4) is 0 Å². The van der Waals surface area contributed by atoms with Gasteiger partial charge in [-0.1, -0.05) is 0 Å². The Hall–Kier alpha value is -1.93. The summed E-state index contributed by atoms with van der Waals surface area (Å²) < 4.78 is 4.82. The maximum atomic E-state index is 12.8. The van der Waals surface area contributed by atoms with Gasteiger partial charge in [0.2, 0.25) is 0 Å². The van der Waals surface area contributed by atoms with E-state index in [1.165, 1.54) is 19.1 Å². The lowest BCUT2D eigenvalue weighted by Gasteiger charge is -2.61. The van der Waals surface area contributed by atoms with E-state index in [2.05, 4.69) is 0 Å². The second-order valence-corrected chi connectivity index (χ2v) is 5.73. The highest BCUT2D eigenvalue weighted by molar-refractivity contribution is 6.12. The molecule has 8 nitrogen and oxygen atoms in total. The fourth-order valence-corrected chi connectivity index (χ4v) is 4.03. The van der Waals surface area contributed by atoms with E-state index in [1.807, 2.05) is 9.80 Å². The molecule has 0 aromatic heterocycles. The maximum Gasteiger partial charge on any atom is 0.337 e. The van der Waals surface area contributed by atoms with Gasteiger partial charge in [-0.3, -0.25) is 19.5 Å². The molecule has 0 aromatic carbocycles. The van der Waals surface area contributed by atoms with Gasteiger partial charge in [0.15, 0.2) is 11.2 Å². The predicted molar refractivity (Wildman–Crippen MR) is 71.9 cm³/mol. The van der Waals surface area contributed by atoms with Gasteiger partial charge < -0.3 is 9.64 Å². The van der Waals surface area contributed by atoms with Gasteiger partial charge >= 0.3 is 12.0 Å². The standard InChI is InChI=1S/C13H18N4O4/c1-14-7-15(2)13-8(9(18)21-5)6-12(13,14)10(19)16(3)11(20)17(13)4/h6H,7H2,1-5H3/t12-,13+/m0/s1. The lowest BCUT2D eigenvalue weighted by molar-refractivity contribution is -0.157. The van der Waals surface area contributed by atoms with E-state index in [0.717, 1.165) is 4.90 Å². The fraction of sp³-hybridized carbons (Fsp3) is 0.615. The smallest absolute Gasteiger partial charge is 0.337 e. The van der Waals surface area contributed by atoms with E-state index in [-0.39, 0.29) is 5.91 Å². The number of methoxy groups -OCH3 is 1. The summed E-state index contributed by atoms with van der Waals surface area (Å²) in [6.45, 7) is 0.453. The van der Waals surface area contributed by atoms with Crippen LogP contribution < -0.4 is 0 Å². The molecular formula is C13H18N4O4. The van der Waals surface area contributed by atoms with E-state index in [9.17, 15) is 14.4 Å². The van der Waals surface area contributed by atoms with Crippen LogP contribution >= 0.6 is 0 Å². The van der Waals surface area contributed by atoms with Crippen LogP contribution in [0.5, 0.6) is 0 Å². The van der Waals surface area contributed by atoms with E-state index < -0.39 is 23.2 Å². The molecule has 0 saturated carbocycles. The minimum absolute atomic E-state index is 0.328. The Labute approximate surface area is 122 Å². The summed E-state index contributed by atoms with van der Waals surface area (Å²) in [5, 5.41) is 0. The van der Waals surface area contributed by atoms with Crippen molar-refractivity contribution in [2.24, 2.45) is 0 Å². The van der Waals surface area contributed by atoms with Crippen molar-refractivity contribution in [3.63, 3.8) is 0 Å². The van der Waals surface area contributed by atoms with Crippen LogP contribution in [0.2, 0.25) is 0 Å². The Bertz CT molecular complexity index is 603. The molecule has 2 fully saturated rings. The van der Waals surface area contributed by atoms with Crippen molar-refractivity contribution < 1.29 is 19.1 Å². The summed E-state index contributed by atoms with van der Waals surface area (Å²) in [6.07, 6.45) is 1.62. The van der Waals surface area contributed by atoms with E-state index >= 15 is 0 Å². The molecule has 0 N–H and O–H groups in total. The highest BCUT2D eigenvalue weighted by Gasteiger charge is 2.79. The van der Waals surface area contributed by atoms with Gasteiger partial charge in [-0.05, 0) is 20.2 Å². The summed E-state index contributed by atoms with van der Waals surface area (Å²) in [5.74, 6) is -0.852. The normalized spacial score (nSPS) is 36.1. The van der Waals surface area contributed by atoms with Crippen LogP contribution in [0.4, 0.5) is 4.79 Å². The number of urea groups is 1. The zero-order valence-corrected chi connectivity index (χ0v) is 12.7. The molecule has 3 aliphatic rings. The van der Waals surface area contributed by atoms with Crippen molar-refractivity contribution in [1.82, 2.24) is 19.6 Å². The Morgan fingerprint density at radius 2 is 1.81 bits per heavy atom. The molecule has 8 heteroatoms. The van der Waals surface area contributed by atoms with Crippen LogP contribution in [0.1, 0.15) is 0 Å². The SMILES string of the molecule is COC(=O)C1=C[C@]23C(=O)N(C)C(=O)N(C)[C@]12N(C)CN3C. The van der Waals surface area contributed by atoms with Gasteiger partial charge in [-0.25, -0.2) is 9.59 Å². The highest BCUT2D eigenvalue weighted by atomic mass is 16.5. The van der Waals surface area contributed by atoms with E-state index in [1.54, 1.807) is 27.2 Å².